The van der Waals surface area contributed by atoms with E-state index in [2.05, 4.69) is 22.3 Å². The van der Waals surface area contributed by atoms with Crippen molar-refractivity contribution in [2.24, 2.45) is 5.92 Å². The molecule has 160 valence electrons. The first kappa shape index (κ1) is 20.7. The van der Waals surface area contributed by atoms with Gasteiger partial charge < -0.3 is 20.1 Å². The molecular formula is C24H36N2O3. The minimum atomic E-state index is -0.257. The second-order valence-corrected chi connectivity index (χ2v) is 9.24. The maximum Gasteiger partial charge on any atom is 0.237 e. The topological polar surface area (TPSA) is 61.8 Å². The molecule has 1 aliphatic heterocycles. The van der Waals surface area contributed by atoms with Crippen molar-refractivity contribution in [3.8, 4) is 5.75 Å². The fourth-order valence-electron chi connectivity index (χ4n) is 5.80. The van der Waals surface area contributed by atoms with E-state index in [1.807, 2.05) is 6.07 Å². The third kappa shape index (κ3) is 4.31. The van der Waals surface area contributed by atoms with Crippen molar-refractivity contribution >= 4 is 5.91 Å². The van der Waals surface area contributed by atoms with E-state index in [-0.39, 0.29) is 24.1 Å². The SMILES string of the molecule is COc1ccc2c(c1)C(C1CCCCC1)N(C(=O)CNC1(CO)CCCC1)CC2. The molecule has 2 saturated carbocycles. The van der Waals surface area contributed by atoms with Gasteiger partial charge >= 0.3 is 0 Å². The van der Waals surface area contributed by atoms with Crippen LogP contribution in [0.25, 0.3) is 0 Å². The minimum absolute atomic E-state index is 0.117. The number of carbonyl (C=O) groups is 1. The third-order valence-electron chi connectivity index (χ3n) is 7.52. The quantitative estimate of drug-likeness (QED) is 0.766. The van der Waals surface area contributed by atoms with E-state index in [0.717, 1.165) is 44.4 Å². The number of hydrogen-bond donors (Lipinski definition) is 2. The molecule has 2 aliphatic carbocycles. The molecule has 0 bridgehead atoms. The number of benzene rings is 1. The number of nitrogens with zero attached hydrogens (tertiary/aromatic N) is 1. The van der Waals surface area contributed by atoms with E-state index in [0.29, 0.717) is 12.5 Å². The number of ether oxygens (including phenoxy) is 1. The predicted molar refractivity (Wildman–Crippen MR) is 114 cm³/mol. The van der Waals surface area contributed by atoms with Gasteiger partial charge in [0.25, 0.3) is 0 Å². The van der Waals surface area contributed by atoms with Crippen LogP contribution in [0.5, 0.6) is 5.75 Å². The zero-order valence-corrected chi connectivity index (χ0v) is 17.8. The summed E-state index contributed by atoms with van der Waals surface area (Å²) in [4.78, 5) is 15.5. The molecule has 1 heterocycles. The van der Waals surface area contributed by atoms with Gasteiger partial charge in [0.1, 0.15) is 5.75 Å². The van der Waals surface area contributed by atoms with Gasteiger partial charge in [0, 0.05) is 12.1 Å². The van der Waals surface area contributed by atoms with Crippen molar-refractivity contribution in [3.05, 3.63) is 29.3 Å². The summed E-state index contributed by atoms with van der Waals surface area (Å²) in [6.45, 7) is 1.22. The number of fused-ring (bicyclic) bond motifs is 1. The Morgan fingerprint density at radius 3 is 2.66 bits per heavy atom. The van der Waals surface area contributed by atoms with E-state index in [1.165, 1.54) is 43.2 Å². The molecule has 1 aromatic carbocycles. The van der Waals surface area contributed by atoms with Crippen molar-refractivity contribution in [1.29, 1.82) is 0 Å². The summed E-state index contributed by atoms with van der Waals surface area (Å²) >= 11 is 0. The van der Waals surface area contributed by atoms with Gasteiger partial charge in [-0.1, -0.05) is 38.2 Å². The summed E-state index contributed by atoms with van der Waals surface area (Å²) in [7, 11) is 1.71. The summed E-state index contributed by atoms with van der Waals surface area (Å²) in [6, 6.07) is 6.54. The Hall–Kier alpha value is -1.59. The Bertz CT molecular complexity index is 708. The van der Waals surface area contributed by atoms with E-state index in [9.17, 15) is 9.90 Å². The Morgan fingerprint density at radius 2 is 1.97 bits per heavy atom. The zero-order valence-electron chi connectivity index (χ0n) is 17.8. The summed E-state index contributed by atoms with van der Waals surface area (Å²) in [5, 5.41) is 13.3. The average Bonchev–Trinajstić information content (AvgIpc) is 3.26. The molecule has 29 heavy (non-hydrogen) atoms. The molecule has 5 nitrogen and oxygen atoms in total. The zero-order chi connectivity index (χ0) is 20.3. The van der Waals surface area contributed by atoms with Crippen LogP contribution in [0.1, 0.15) is 75.0 Å². The first-order valence-corrected chi connectivity index (χ1v) is 11.5. The van der Waals surface area contributed by atoms with Crippen LogP contribution in [0.2, 0.25) is 0 Å². The highest BCUT2D eigenvalue weighted by atomic mass is 16.5. The lowest BCUT2D eigenvalue weighted by Gasteiger charge is -2.43. The number of rotatable bonds is 6. The molecule has 0 saturated heterocycles. The van der Waals surface area contributed by atoms with Gasteiger partial charge in [-0.3, -0.25) is 4.79 Å². The Labute approximate surface area is 174 Å². The molecular weight excluding hydrogens is 364 g/mol. The van der Waals surface area contributed by atoms with E-state index >= 15 is 0 Å². The summed E-state index contributed by atoms with van der Waals surface area (Å²) in [6.07, 6.45) is 11.3. The molecule has 0 spiro atoms. The highest BCUT2D eigenvalue weighted by Crippen LogP contribution is 2.43. The molecule has 2 fully saturated rings. The number of hydrogen-bond acceptors (Lipinski definition) is 4. The van der Waals surface area contributed by atoms with E-state index < -0.39 is 0 Å². The van der Waals surface area contributed by atoms with Crippen LogP contribution in [-0.4, -0.2) is 48.3 Å². The van der Waals surface area contributed by atoms with Crippen molar-refractivity contribution in [3.63, 3.8) is 0 Å². The highest BCUT2D eigenvalue weighted by Gasteiger charge is 2.38. The molecule has 0 radical (unpaired) electrons. The number of aliphatic hydroxyl groups excluding tert-OH is 1. The fourth-order valence-corrected chi connectivity index (χ4v) is 5.80. The van der Waals surface area contributed by atoms with Crippen molar-refractivity contribution in [2.45, 2.75) is 75.8 Å². The van der Waals surface area contributed by atoms with E-state index in [4.69, 9.17) is 4.74 Å². The largest absolute Gasteiger partial charge is 0.497 e. The van der Waals surface area contributed by atoms with Gasteiger partial charge in [-0.15, -0.1) is 0 Å². The lowest BCUT2D eigenvalue weighted by Crippen LogP contribution is -2.53. The van der Waals surface area contributed by atoms with Gasteiger partial charge in [0.05, 0.1) is 26.3 Å². The van der Waals surface area contributed by atoms with Gasteiger partial charge in [-0.2, -0.15) is 0 Å². The Kier molecular flexibility index (Phi) is 6.45. The average molecular weight is 401 g/mol. The maximum atomic E-state index is 13.4. The van der Waals surface area contributed by atoms with Crippen molar-refractivity contribution in [1.82, 2.24) is 10.2 Å². The van der Waals surface area contributed by atoms with Gasteiger partial charge in [-0.25, -0.2) is 0 Å². The second kappa shape index (κ2) is 9.05. The van der Waals surface area contributed by atoms with Crippen LogP contribution in [0.4, 0.5) is 0 Å². The van der Waals surface area contributed by atoms with Gasteiger partial charge in [-0.05, 0) is 61.3 Å². The molecule has 1 amide bonds. The van der Waals surface area contributed by atoms with Gasteiger partial charge in [0.2, 0.25) is 5.91 Å². The minimum Gasteiger partial charge on any atom is -0.497 e. The fraction of sp³-hybridized carbons (Fsp3) is 0.708. The lowest BCUT2D eigenvalue weighted by atomic mass is 9.77. The summed E-state index contributed by atoms with van der Waals surface area (Å²) < 4.78 is 5.51. The first-order chi connectivity index (χ1) is 14.2. The van der Waals surface area contributed by atoms with Crippen molar-refractivity contribution < 1.29 is 14.6 Å². The number of carbonyl (C=O) groups excluding carboxylic acids is 1. The number of nitrogens with one attached hydrogen (secondary N) is 1. The molecule has 1 unspecified atom stereocenters. The van der Waals surface area contributed by atoms with Crippen LogP contribution >= 0.6 is 0 Å². The second-order valence-electron chi connectivity index (χ2n) is 9.24. The Balaban J connectivity index is 1.56. The smallest absolute Gasteiger partial charge is 0.237 e. The normalized spacial score (nSPS) is 24.3. The van der Waals surface area contributed by atoms with Crippen LogP contribution in [0.15, 0.2) is 18.2 Å². The lowest BCUT2D eigenvalue weighted by molar-refractivity contribution is -0.135. The maximum absolute atomic E-state index is 13.4. The first-order valence-electron chi connectivity index (χ1n) is 11.5. The Morgan fingerprint density at radius 1 is 1.21 bits per heavy atom. The molecule has 1 atom stereocenters. The third-order valence-corrected chi connectivity index (χ3v) is 7.52. The molecule has 1 aromatic rings. The predicted octanol–water partition coefficient (Wildman–Crippen LogP) is 3.60. The molecule has 2 N–H and O–H groups in total. The van der Waals surface area contributed by atoms with E-state index in [1.54, 1.807) is 7.11 Å². The van der Waals surface area contributed by atoms with Crippen LogP contribution in [-0.2, 0) is 11.2 Å². The van der Waals surface area contributed by atoms with Crippen LogP contribution in [0, 0.1) is 5.92 Å². The standard InChI is InChI=1S/C24H36N2O3/c1-29-20-10-9-18-11-14-26(22(28)16-25-24(17-27)12-5-6-13-24)23(21(18)15-20)19-7-3-2-4-8-19/h9-10,15,19,23,25,27H,2-8,11-14,16-17H2,1H3. The molecule has 3 aliphatic rings. The highest BCUT2D eigenvalue weighted by molar-refractivity contribution is 5.79. The van der Waals surface area contributed by atoms with Crippen LogP contribution in [0.3, 0.4) is 0 Å². The monoisotopic (exact) mass is 400 g/mol. The van der Waals surface area contributed by atoms with Gasteiger partial charge in [0.15, 0.2) is 0 Å². The van der Waals surface area contributed by atoms with Crippen molar-refractivity contribution in [2.75, 3.05) is 26.8 Å². The molecule has 5 heteroatoms. The van der Waals surface area contributed by atoms with Crippen LogP contribution < -0.4 is 10.1 Å². The number of amides is 1. The number of methoxy groups -OCH3 is 1. The molecule has 0 aromatic heterocycles. The summed E-state index contributed by atoms with van der Waals surface area (Å²) in [5.41, 5.74) is 2.39. The molecule has 4 rings (SSSR count). The summed E-state index contributed by atoms with van der Waals surface area (Å²) in [5.74, 6) is 1.58. The number of aliphatic hydroxyl groups is 1.